The van der Waals surface area contributed by atoms with Gasteiger partial charge in [0, 0.05) is 18.6 Å². The number of piperidine rings is 1. The highest BCUT2D eigenvalue weighted by Gasteiger charge is 2.42. The molecule has 7 nitrogen and oxygen atoms in total. The van der Waals surface area contributed by atoms with Gasteiger partial charge >= 0.3 is 0 Å². The van der Waals surface area contributed by atoms with Crippen molar-refractivity contribution in [3.8, 4) is 17.1 Å². The van der Waals surface area contributed by atoms with Crippen LogP contribution < -0.4 is 5.32 Å². The summed E-state index contributed by atoms with van der Waals surface area (Å²) in [6.07, 6.45) is 5.62. The van der Waals surface area contributed by atoms with E-state index in [4.69, 9.17) is 0 Å². The summed E-state index contributed by atoms with van der Waals surface area (Å²) < 4.78 is 0. The molecule has 1 atom stereocenters. The number of phenols is 1. The number of benzene rings is 1. The van der Waals surface area contributed by atoms with E-state index < -0.39 is 5.60 Å². The molecule has 150 valence electrons. The Morgan fingerprint density at radius 3 is 2.64 bits per heavy atom. The maximum atomic E-state index is 10.3. The van der Waals surface area contributed by atoms with Crippen LogP contribution in [0.2, 0.25) is 0 Å². The lowest BCUT2D eigenvalue weighted by molar-refractivity contribution is -0.0823. The molecule has 2 aliphatic rings. The Hall–Kier alpha value is -2.25. The highest BCUT2D eigenvalue weighted by atomic mass is 16.3. The lowest BCUT2D eigenvalue weighted by Gasteiger charge is -2.49. The lowest BCUT2D eigenvalue weighted by Crippen LogP contribution is -2.57. The van der Waals surface area contributed by atoms with Crippen molar-refractivity contribution in [1.82, 2.24) is 20.1 Å². The minimum absolute atomic E-state index is 0.180. The van der Waals surface area contributed by atoms with Crippen molar-refractivity contribution < 1.29 is 10.2 Å². The second-order valence-corrected chi connectivity index (χ2v) is 8.68. The number of aromatic hydroxyl groups is 1. The Balaban J connectivity index is 1.41. The molecule has 1 saturated carbocycles. The highest BCUT2D eigenvalue weighted by molar-refractivity contribution is 5.68. The van der Waals surface area contributed by atoms with Gasteiger partial charge in [-0.15, -0.1) is 10.2 Å². The predicted molar refractivity (Wildman–Crippen MR) is 108 cm³/mol. The van der Waals surface area contributed by atoms with E-state index in [0.29, 0.717) is 29.3 Å². The van der Waals surface area contributed by atoms with E-state index in [1.54, 1.807) is 12.3 Å². The van der Waals surface area contributed by atoms with Gasteiger partial charge in [0.1, 0.15) is 5.75 Å². The first-order valence-corrected chi connectivity index (χ1v) is 10.0. The maximum Gasteiger partial charge on any atom is 0.185 e. The molecule has 1 aromatic carbocycles. The number of hydrogen-bond acceptors (Lipinski definition) is 7. The van der Waals surface area contributed by atoms with Crippen molar-refractivity contribution in [3.63, 3.8) is 0 Å². The summed E-state index contributed by atoms with van der Waals surface area (Å²) in [4.78, 5) is 6.90. The molecule has 0 radical (unpaired) electrons. The standard InChI is InChI=1S/C21H29N5O2/c1-13-7-14(2)19(17(27)8-13)20-22-11-18(24-25-20)23-15-5-4-6-26(12-15)16-9-21(3,28)10-16/h7-8,11,15-16,27-28H,4-6,9-10,12H2,1-3H3,(H,23,24). The maximum absolute atomic E-state index is 10.3. The van der Waals surface area contributed by atoms with Crippen LogP contribution >= 0.6 is 0 Å². The molecule has 4 rings (SSSR count). The van der Waals surface area contributed by atoms with Crippen molar-refractivity contribution in [1.29, 1.82) is 0 Å². The van der Waals surface area contributed by atoms with Crippen molar-refractivity contribution in [2.75, 3.05) is 18.4 Å². The van der Waals surface area contributed by atoms with Crippen LogP contribution in [0.1, 0.15) is 43.7 Å². The summed E-state index contributed by atoms with van der Waals surface area (Å²) >= 11 is 0. The van der Waals surface area contributed by atoms with E-state index >= 15 is 0 Å². The fourth-order valence-corrected chi connectivity index (χ4v) is 4.57. The molecule has 1 aromatic heterocycles. The van der Waals surface area contributed by atoms with Gasteiger partial charge in [0.15, 0.2) is 11.6 Å². The van der Waals surface area contributed by atoms with E-state index in [1.165, 1.54) is 0 Å². The van der Waals surface area contributed by atoms with Crippen LogP contribution in [0.3, 0.4) is 0 Å². The Morgan fingerprint density at radius 2 is 2.00 bits per heavy atom. The van der Waals surface area contributed by atoms with Crippen LogP contribution in [0.5, 0.6) is 5.75 Å². The summed E-state index contributed by atoms with van der Waals surface area (Å²) in [6.45, 7) is 7.84. The smallest absolute Gasteiger partial charge is 0.185 e. The van der Waals surface area contributed by atoms with Gasteiger partial charge in [0.05, 0.1) is 17.4 Å². The molecule has 0 spiro atoms. The monoisotopic (exact) mass is 383 g/mol. The summed E-state index contributed by atoms with van der Waals surface area (Å²) in [5, 5.41) is 32.2. The van der Waals surface area contributed by atoms with E-state index in [-0.39, 0.29) is 5.75 Å². The molecule has 0 bridgehead atoms. The van der Waals surface area contributed by atoms with Crippen LogP contribution in [0, 0.1) is 13.8 Å². The van der Waals surface area contributed by atoms with Crippen molar-refractivity contribution in [2.24, 2.45) is 0 Å². The molecular formula is C21H29N5O2. The van der Waals surface area contributed by atoms with Gasteiger partial charge in [-0.2, -0.15) is 0 Å². The Kier molecular flexibility index (Phi) is 4.97. The average Bonchev–Trinajstić information content (AvgIpc) is 2.60. The zero-order valence-corrected chi connectivity index (χ0v) is 16.8. The largest absolute Gasteiger partial charge is 0.507 e. The van der Waals surface area contributed by atoms with E-state index in [1.807, 2.05) is 26.8 Å². The molecule has 1 aliphatic carbocycles. The molecule has 2 aromatic rings. The number of likely N-dealkylation sites (tertiary alicyclic amines) is 1. The van der Waals surface area contributed by atoms with Crippen molar-refractivity contribution in [3.05, 3.63) is 29.5 Å². The second kappa shape index (κ2) is 7.29. The fourth-order valence-electron chi connectivity index (χ4n) is 4.57. The van der Waals surface area contributed by atoms with Crippen LogP contribution in [0.25, 0.3) is 11.4 Å². The first kappa shape index (κ1) is 19.1. The number of nitrogens with zero attached hydrogens (tertiary/aromatic N) is 4. The van der Waals surface area contributed by atoms with E-state index in [2.05, 4.69) is 25.4 Å². The van der Waals surface area contributed by atoms with Crippen LogP contribution in [0.4, 0.5) is 5.82 Å². The molecule has 7 heteroatoms. The molecule has 2 fully saturated rings. The number of aromatic nitrogens is 3. The normalized spacial score (nSPS) is 28.0. The van der Waals surface area contributed by atoms with E-state index in [9.17, 15) is 10.2 Å². The number of hydrogen-bond donors (Lipinski definition) is 3. The van der Waals surface area contributed by atoms with Crippen LogP contribution in [-0.2, 0) is 0 Å². The average molecular weight is 383 g/mol. The minimum atomic E-state index is -0.490. The fraction of sp³-hybridized carbons (Fsp3) is 0.571. The molecule has 3 N–H and O–H groups in total. The number of aliphatic hydroxyl groups is 1. The lowest BCUT2D eigenvalue weighted by atomic mass is 9.76. The van der Waals surface area contributed by atoms with Gasteiger partial charge in [0.2, 0.25) is 0 Å². The molecular weight excluding hydrogens is 354 g/mol. The highest BCUT2D eigenvalue weighted by Crippen LogP contribution is 2.36. The first-order valence-electron chi connectivity index (χ1n) is 10.0. The number of phenolic OH excluding ortho intramolecular Hbond substituents is 1. The molecule has 2 heterocycles. The first-order chi connectivity index (χ1) is 13.3. The summed E-state index contributed by atoms with van der Waals surface area (Å²) in [5.74, 6) is 1.27. The number of anilines is 1. The third-order valence-corrected chi connectivity index (χ3v) is 5.92. The Bertz CT molecular complexity index is 821. The predicted octanol–water partition coefficient (Wildman–Crippen LogP) is 2.65. The quantitative estimate of drug-likeness (QED) is 0.747. The summed E-state index contributed by atoms with van der Waals surface area (Å²) in [6, 6.07) is 4.50. The van der Waals surface area contributed by atoms with E-state index in [0.717, 1.165) is 49.9 Å². The molecule has 1 saturated heterocycles. The summed E-state index contributed by atoms with van der Waals surface area (Å²) in [5.41, 5.74) is 2.07. The second-order valence-electron chi connectivity index (χ2n) is 8.68. The van der Waals surface area contributed by atoms with Crippen molar-refractivity contribution in [2.45, 2.75) is 64.1 Å². The Morgan fingerprint density at radius 1 is 1.21 bits per heavy atom. The van der Waals surface area contributed by atoms with Crippen LogP contribution in [0.15, 0.2) is 18.3 Å². The van der Waals surface area contributed by atoms with Gasteiger partial charge in [-0.3, -0.25) is 4.90 Å². The van der Waals surface area contributed by atoms with Gasteiger partial charge in [-0.05, 0) is 70.2 Å². The number of rotatable bonds is 4. The zero-order valence-electron chi connectivity index (χ0n) is 16.8. The van der Waals surface area contributed by atoms with Crippen molar-refractivity contribution >= 4 is 5.82 Å². The minimum Gasteiger partial charge on any atom is -0.507 e. The van der Waals surface area contributed by atoms with Gasteiger partial charge in [-0.1, -0.05) is 6.07 Å². The topological polar surface area (TPSA) is 94.4 Å². The SMILES string of the molecule is Cc1cc(C)c(-c2ncc(NC3CCCN(C4CC(C)(O)C4)C3)nn2)c(O)c1. The van der Waals surface area contributed by atoms with Crippen LogP contribution in [-0.4, -0.2) is 61.1 Å². The molecule has 0 amide bonds. The molecule has 28 heavy (non-hydrogen) atoms. The molecule has 1 aliphatic heterocycles. The molecule has 1 unspecified atom stereocenters. The van der Waals surface area contributed by atoms with Gasteiger partial charge < -0.3 is 15.5 Å². The third-order valence-electron chi connectivity index (χ3n) is 5.92. The number of nitrogens with one attached hydrogen (secondary N) is 1. The summed E-state index contributed by atoms with van der Waals surface area (Å²) in [7, 11) is 0. The Labute approximate surface area is 165 Å². The third kappa shape index (κ3) is 3.95. The van der Waals surface area contributed by atoms with Gasteiger partial charge in [0.25, 0.3) is 0 Å². The number of aryl methyl sites for hydroxylation is 2. The zero-order chi connectivity index (χ0) is 19.9. The van der Waals surface area contributed by atoms with Gasteiger partial charge in [-0.25, -0.2) is 4.98 Å².